The van der Waals surface area contributed by atoms with E-state index in [4.69, 9.17) is 19.4 Å². The maximum atomic E-state index is 6.54. The van der Waals surface area contributed by atoms with E-state index in [1.807, 2.05) is 36.4 Å². The number of furan rings is 1. The third kappa shape index (κ3) is 4.94. The largest absolute Gasteiger partial charge is 0.456 e. The molecule has 4 heterocycles. The fourth-order valence-corrected chi connectivity index (χ4v) is 8.54. The SMILES string of the molecule is c1ccc(-c2ccc3c(c2)oc2cc(-c4nc(-c5ccccc5)nc(-n5c6ccccc6c6cc7c(cc65)c5ccccc5n7-c5ccccc5)n4)ccc23)cc1. The summed E-state index contributed by atoms with van der Waals surface area (Å²) in [7, 11) is 0. The first-order chi connectivity index (χ1) is 28.2. The molecular weight excluding hydrogens is 699 g/mol. The van der Waals surface area contributed by atoms with Gasteiger partial charge in [0.15, 0.2) is 11.6 Å². The summed E-state index contributed by atoms with van der Waals surface area (Å²) in [5.41, 5.74) is 11.1. The zero-order valence-electron chi connectivity index (χ0n) is 30.5. The van der Waals surface area contributed by atoms with Gasteiger partial charge in [0.25, 0.3) is 0 Å². The van der Waals surface area contributed by atoms with Crippen molar-refractivity contribution in [3.63, 3.8) is 0 Å². The van der Waals surface area contributed by atoms with E-state index in [0.29, 0.717) is 17.6 Å². The summed E-state index contributed by atoms with van der Waals surface area (Å²) in [4.78, 5) is 15.6. The van der Waals surface area contributed by atoms with Gasteiger partial charge in [-0.2, -0.15) is 9.97 Å². The summed E-state index contributed by atoms with van der Waals surface area (Å²) in [6.07, 6.45) is 0. The van der Waals surface area contributed by atoms with Gasteiger partial charge in [-0.3, -0.25) is 4.57 Å². The fourth-order valence-electron chi connectivity index (χ4n) is 8.54. The molecule has 6 heteroatoms. The molecule has 266 valence electrons. The van der Waals surface area contributed by atoms with Crippen molar-refractivity contribution in [1.82, 2.24) is 24.1 Å². The van der Waals surface area contributed by atoms with Crippen molar-refractivity contribution in [2.24, 2.45) is 0 Å². The van der Waals surface area contributed by atoms with Gasteiger partial charge in [-0.25, -0.2) is 4.98 Å². The van der Waals surface area contributed by atoms with E-state index in [1.165, 1.54) is 5.39 Å². The van der Waals surface area contributed by atoms with Gasteiger partial charge in [-0.15, -0.1) is 0 Å². The monoisotopic (exact) mass is 729 g/mol. The van der Waals surface area contributed by atoms with Gasteiger partial charge in [0.05, 0.1) is 22.1 Å². The van der Waals surface area contributed by atoms with Gasteiger partial charge >= 0.3 is 0 Å². The molecule has 0 radical (unpaired) electrons. The highest BCUT2D eigenvalue weighted by Crippen LogP contribution is 2.40. The van der Waals surface area contributed by atoms with Crippen LogP contribution in [0, 0.1) is 0 Å². The number of fused-ring (bicyclic) bond motifs is 9. The molecule has 8 aromatic carbocycles. The number of rotatable bonds is 5. The molecule has 0 N–H and O–H groups in total. The van der Waals surface area contributed by atoms with E-state index in [1.54, 1.807) is 0 Å². The Hall–Kier alpha value is -7.83. The summed E-state index contributed by atoms with van der Waals surface area (Å²) >= 11 is 0. The summed E-state index contributed by atoms with van der Waals surface area (Å²) in [5, 5.41) is 6.72. The van der Waals surface area contributed by atoms with Crippen LogP contribution in [-0.4, -0.2) is 24.1 Å². The van der Waals surface area contributed by atoms with Crippen molar-refractivity contribution in [2.75, 3.05) is 0 Å². The predicted octanol–water partition coefficient (Wildman–Crippen LogP) is 13.0. The number of hydrogen-bond acceptors (Lipinski definition) is 4. The lowest BCUT2D eigenvalue weighted by Gasteiger charge is -2.11. The van der Waals surface area contributed by atoms with Gasteiger partial charge in [0, 0.05) is 49.1 Å². The van der Waals surface area contributed by atoms with Crippen LogP contribution in [0.3, 0.4) is 0 Å². The van der Waals surface area contributed by atoms with Crippen molar-refractivity contribution in [3.8, 4) is 45.5 Å². The lowest BCUT2D eigenvalue weighted by Crippen LogP contribution is -2.06. The Kier molecular flexibility index (Phi) is 6.83. The highest BCUT2D eigenvalue weighted by atomic mass is 16.3. The topological polar surface area (TPSA) is 61.7 Å². The molecule has 12 rings (SSSR count). The maximum Gasteiger partial charge on any atom is 0.238 e. The van der Waals surface area contributed by atoms with Gasteiger partial charge in [0.2, 0.25) is 5.95 Å². The van der Waals surface area contributed by atoms with Crippen molar-refractivity contribution in [3.05, 3.63) is 188 Å². The van der Waals surface area contributed by atoms with Gasteiger partial charge in [-0.05, 0) is 71.8 Å². The Morgan fingerprint density at radius 1 is 0.316 bits per heavy atom. The third-order valence-corrected chi connectivity index (χ3v) is 11.2. The molecule has 0 aliphatic carbocycles. The first-order valence-electron chi connectivity index (χ1n) is 19.1. The Bertz CT molecular complexity index is 3510. The lowest BCUT2D eigenvalue weighted by molar-refractivity contribution is 0.669. The van der Waals surface area contributed by atoms with Crippen LogP contribution < -0.4 is 0 Å². The van der Waals surface area contributed by atoms with E-state index in [0.717, 1.165) is 88.1 Å². The van der Waals surface area contributed by atoms with E-state index in [9.17, 15) is 0 Å². The number of aromatic nitrogens is 5. The summed E-state index contributed by atoms with van der Waals surface area (Å²) in [6.45, 7) is 0. The molecule has 57 heavy (non-hydrogen) atoms. The second-order valence-corrected chi connectivity index (χ2v) is 14.5. The van der Waals surface area contributed by atoms with Crippen molar-refractivity contribution in [1.29, 1.82) is 0 Å². The zero-order chi connectivity index (χ0) is 37.5. The van der Waals surface area contributed by atoms with Crippen LogP contribution in [0.1, 0.15) is 0 Å². The van der Waals surface area contributed by atoms with Gasteiger partial charge < -0.3 is 8.98 Å². The summed E-state index contributed by atoms with van der Waals surface area (Å²) < 4.78 is 11.1. The van der Waals surface area contributed by atoms with Crippen LogP contribution in [-0.2, 0) is 0 Å². The van der Waals surface area contributed by atoms with Crippen molar-refractivity contribution in [2.45, 2.75) is 0 Å². The average molecular weight is 730 g/mol. The van der Waals surface area contributed by atoms with Crippen LogP contribution >= 0.6 is 0 Å². The first-order valence-corrected chi connectivity index (χ1v) is 19.1. The van der Waals surface area contributed by atoms with E-state index in [-0.39, 0.29) is 0 Å². The molecule has 0 saturated carbocycles. The van der Waals surface area contributed by atoms with Gasteiger partial charge in [0.1, 0.15) is 11.2 Å². The molecule has 0 atom stereocenters. The molecule has 0 bridgehead atoms. The second-order valence-electron chi connectivity index (χ2n) is 14.5. The van der Waals surface area contributed by atoms with Crippen LogP contribution in [0.5, 0.6) is 0 Å². The second kappa shape index (κ2) is 12.3. The molecule has 0 saturated heterocycles. The van der Waals surface area contributed by atoms with E-state index >= 15 is 0 Å². The molecule has 0 spiro atoms. The highest BCUT2D eigenvalue weighted by molar-refractivity contribution is 6.19. The van der Waals surface area contributed by atoms with Crippen LogP contribution in [0.2, 0.25) is 0 Å². The Morgan fingerprint density at radius 2 is 0.807 bits per heavy atom. The number of hydrogen-bond donors (Lipinski definition) is 0. The Balaban J connectivity index is 1.09. The summed E-state index contributed by atoms with van der Waals surface area (Å²) in [6, 6.07) is 65.6. The predicted molar refractivity (Wildman–Crippen MR) is 232 cm³/mol. The fraction of sp³-hybridized carbons (Fsp3) is 0. The molecule has 0 aliphatic rings. The molecular formula is C51H31N5O. The molecule has 0 aliphatic heterocycles. The number of nitrogens with zero attached hydrogens (tertiary/aromatic N) is 5. The van der Waals surface area contributed by atoms with Crippen LogP contribution in [0.25, 0.3) is 111 Å². The van der Waals surface area contributed by atoms with Crippen molar-refractivity contribution >= 4 is 65.6 Å². The third-order valence-electron chi connectivity index (χ3n) is 11.2. The Morgan fingerprint density at radius 3 is 1.46 bits per heavy atom. The minimum absolute atomic E-state index is 0.549. The maximum absolute atomic E-state index is 6.54. The Labute approximate surface area is 326 Å². The highest BCUT2D eigenvalue weighted by Gasteiger charge is 2.21. The molecule has 4 aromatic heterocycles. The van der Waals surface area contributed by atoms with E-state index in [2.05, 4.69) is 161 Å². The number of benzene rings is 8. The van der Waals surface area contributed by atoms with Gasteiger partial charge in [-0.1, -0.05) is 127 Å². The molecule has 12 aromatic rings. The quantitative estimate of drug-likeness (QED) is 0.177. The van der Waals surface area contributed by atoms with E-state index < -0.39 is 0 Å². The zero-order valence-corrected chi connectivity index (χ0v) is 30.5. The number of para-hydroxylation sites is 3. The molecule has 0 amide bonds. The minimum Gasteiger partial charge on any atom is -0.456 e. The standard InChI is InChI=1S/C51H31N5O/c1-4-14-32(15-5-1)34-24-26-39-40-27-25-35(29-48(40)57-47(39)28-34)50-52-49(33-16-6-2-7-17-33)53-51(54-50)56-44-23-13-11-21-38(44)42-30-45-41(31-46(42)56)37-20-10-12-22-43(37)55(45)36-18-8-3-9-19-36/h1-31H. The average Bonchev–Trinajstić information content (AvgIpc) is 3.93. The molecule has 0 unspecified atom stereocenters. The lowest BCUT2D eigenvalue weighted by atomic mass is 10.0. The smallest absolute Gasteiger partial charge is 0.238 e. The summed E-state index contributed by atoms with van der Waals surface area (Å²) in [5.74, 6) is 1.72. The van der Waals surface area contributed by atoms with Crippen LogP contribution in [0.15, 0.2) is 192 Å². The van der Waals surface area contributed by atoms with Crippen molar-refractivity contribution < 1.29 is 4.42 Å². The minimum atomic E-state index is 0.549. The molecule has 0 fully saturated rings. The van der Waals surface area contributed by atoms with Crippen LogP contribution in [0.4, 0.5) is 0 Å². The first kappa shape index (κ1) is 31.5. The normalized spacial score (nSPS) is 11.9. The molecule has 6 nitrogen and oxygen atoms in total.